The highest BCUT2D eigenvalue weighted by atomic mass is 35.5. The minimum Gasteiger partial charge on any atom is -0.296 e. The Hall–Kier alpha value is -2.12. The number of carbonyl (C=O) groups excluding carboxylic acids is 1. The maximum absolute atomic E-state index is 12.7. The molecule has 0 saturated heterocycles. The molecule has 140 valence electrons. The van der Waals surface area contributed by atoms with E-state index in [-0.39, 0.29) is 5.91 Å². The predicted octanol–water partition coefficient (Wildman–Crippen LogP) is 6.54. The van der Waals surface area contributed by atoms with Crippen LogP contribution in [0.15, 0.2) is 65.0 Å². The molecular formula is C20H13Cl2N3OS2. The monoisotopic (exact) mass is 445 g/mol. The van der Waals surface area contributed by atoms with Gasteiger partial charge in [-0.1, -0.05) is 88.8 Å². The zero-order chi connectivity index (χ0) is 19.5. The summed E-state index contributed by atoms with van der Waals surface area (Å²) in [6, 6.07) is 19.0. The standard InChI is InChI=1S/C20H13Cl2N3OS2/c21-16-9-8-12(10-17(16)22)11-27-20-25-24-19(28-20)23-18(26)15-7-3-5-13-4-1-2-6-14(13)15/h1-10H,11H2,(H,23,24,26). The molecule has 4 nitrogen and oxygen atoms in total. The summed E-state index contributed by atoms with van der Waals surface area (Å²) >= 11 is 14.8. The van der Waals surface area contributed by atoms with Crippen LogP contribution in [0.1, 0.15) is 15.9 Å². The Morgan fingerprint density at radius 1 is 1.00 bits per heavy atom. The minimum absolute atomic E-state index is 0.200. The zero-order valence-electron chi connectivity index (χ0n) is 14.4. The SMILES string of the molecule is O=C(Nc1nnc(SCc2ccc(Cl)c(Cl)c2)s1)c1cccc2ccccc12. The van der Waals surface area contributed by atoms with E-state index in [1.165, 1.54) is 23.1 Å². The fourth-order valence-corrected chi connectivity index (χ4v) is 4.69. The number of thioether (sulfide) groups is 1. The van der Waals surface area contributed by atoms with Crippen LogP contribution in [0.3, 0.4) is 0 Å². The van der Waals surface area contributed by atoms with Gasteiger partial charge in [0.1, 0.15) is 0 Å². The van der Waals surface area contributed by atoms with E-state index in [0.717, 1.165) is 20.7 Å². The van der Waals surface area contributed by atoms with Crippen LogP contribution in [0, 0.1) is 0 Å². The van der Waals surface area contributed by atoms with E-state index in [0.29, 0.717) is 26.5 Å². The maximum Gasteiger partial charge on any atom is 0.258 e. The second-order valence-corrected chi connectivity index (χ2v) is 8.91. The maximum atomic E-state index is 12.7. The molecule has 0 atom stereocenters. The van der Waals surface area contributed by atoms with Crippen LogP contribution in [-0.2, 0) is 5.75 Å². The van der Waals surface area contributed by atoms with Gasteiger partial charge >= 0.3 is 0 Å². The summed E-state index contributed by atoms with van der Waals surface area (Å²) in [5.74, 6) is 0.483. The number of amides is 1. The number of anilines is 1. The molecule has 0 aliphatic rings. The van der Waals surface area contributed by atoms with Gasteiger partial charge in [-0.3, -0.25) is 10.1 Å². The summed E-state index contributed by atoms with van der Waals surface area (Å²) in [6.45, 7) is 0. The number of nitrogens with zero attached hydrogens (tertiary/aromatic N) is 2. The lowest BCUT2D eigenvalue weighted by Gasteiger charge is -2.05. The molecule has 1 N–H and O–H groups in total. The van der Waals surface area contributed by atoms with E-state index in [1.54, 1.807) is 12.1 Å². The first-order valence-electron chi connectivity index (χ1n) is 8.29. The molecule has 0 aliphatic heterocycles. The number of carbonyl (C=O) groups is 1. The summed E-state index contributed by atoms with van der Waals surface area (Å²) in [4.78, 5) is 12.7. The lowest BCUT2D eigenvalue weighted by molar-refractivity contribution is 0.102. The van der Waals surface area contributed by atoms with Crippen LogP contribution >= 0.6 is 46.3 Å². The molecule has 0 spiro atoms. The Bertz CT molecular complexity index is 1160. The van der Waals surface area contributed by atoms with Gasteiger partial charge < -0.3 is 0 Å². The third-order valence-corrected chi connectivity index (χ3v) is 6.79. The van der Waals surface area contributed by atoms with Crippen molar-refractivity contribution in [2.75, 3.05) is 5.32 Å². The Morgan fingerprint density at radius 2 is 1.82 bits per heavy atom. The average molecular weight is 446 g/mol. The van der Waals surface area contributed by atoms with Gasteiger partial charge in [0.2, 0.25) is 5.13 Å². The summed E-state index contributed by atoms with van der Waals surface area (Å²) in [6.07, 6.45) is 0. The zero-order valence-corrected chi connectivity index (χ0v) is 17.5. The lowest BCUT2D eigenvalue weighted by Crippen LogP contribution is -2.12. The van der Waals surface area contributed by atoms with Crippen molar-refractivity contribution in [3.8, 4) is 0 Å². The molecule has 4 rings (SSSR count). The third kappa shape index (κ3) is 4.31. The van der Waals surface area contributed by atoms with Crippen molar-refractivity contribution >= 4 is 68.1 Å². The highest BCUT2D eigenvalue weighted by Crippen LogP contribution is 2.31. The Morgan fingerprint density at radius 3 is 2.68 bits per heavy atom. The van der Waals surface area contributed by atoms with E-state index in [2.05, 4.69) is 15.5 Å². The van der Waals surface area contributed by atoms with Crippen molar-refractivity contribution in [2.45, 2.75) is 10.1 Å². The molecule has 1 aromatic heterocycles. The van der Waals surface area contributed by atoms with Gasteiger partial charge in [-0.15, -0.1) is 10.2 Å². The van der Waals surface area contributed by atoms with E-state index >= 15 is 0 Å². The fourth-order valence-electron chi connectivity index (χ4n) is 2.68. The molecule has 3 aromatic carbocycles. The highest BCUT2D eigenvalue weighted by Gasteiger charge is 2.13. The van der Waals surface area contributed by atoms with Gasteiger partial charge in [0.05, 0.1) is 10.0 Å². The van der Waals surface area contributed by atoms with Crippen LogP contribution in [0.25, 0.3) is 10.8 Å². The van der Waals surface area contributed by atoms with Crippen molar-refractivity contribution in [1.82, 2.24) is 10.2 Å². The molecular weight excluding hydrogens is 433 g/mol. The smallest absolute Gasteiger partial charge is 0.258 e. The first-order valence-corrected chi connectivity index (χ1v) is 10.9. The molecule has 0 unspecified atom stereocenters. The first-order chi connectivity index (χ1) is 13.6. The van der Waals surface area contributed by atoms with Gasteiger partial charge in [0.15, 0.2) is 4.34 Å². The van der Waals surface area contributed by atoms with Crippen molar-refractivity contribution in [1.29, 1.82) is 0 Å². The molecule has 1 heterocycles. The van der Waals surface area contributed by atoms with Gasteiger partial charge in [-0.2, -0.15) is 0 Å². The number of nitrogens with one attached hydrogen (secondary N) is 1. The molecule has 0 radical (unpaired) electrons. The van der Waals surface area contributed by atoms with Crippen molar-refractivity contribution < 1.29 is 4.79 Å². The molecule has 1 amide bonds. The number of hydrogen-bond acceptors (Lipinski definition) is 5. The Kier molecular flexibility index (Phi) is 5.82. The number of fused-ring (bicyclic) bond motifs is 1. The number of hydrogen-bond donors (Lipinski definition) is 1. The first kappa shape index (κ1) is 19.2. The molecule has 28 heavy (non-hydrogen) atoms. The largest absolute Gasteiger partial charge is 0.296 e. The Balaban J connectivity index is 1.44. The van der Waals surface area contributed by atoms with Crippen molar-refractivity contribution in [3.05, 3.63) is 81.8 Å². The molecule has 0 saturated carbocycles. The predicted molar refractivity (Wildman–Crippen MR) is 118 cm³/mol. The van der Waals surface area contributed by atoms with Crippen LogP contribution in [0.2, 0.25) is 10.0 Å². The van der Waals surface area contributed by atoms with Crippen LogP contribution in [0.5, 0.6) is 0 Å². The van der Waals surface area contributed by atoms with Crippen LogP contribution < -0.4 is 5.32 Å². The van der Waals surface area contributed by atoms with Gasteiger partial charge in [-0.05, 0) is 34.5 Å². The summed E-state index contributed by atoms with van der Waals surface area (Å²) in [7, 11) is 0. The number of aromatic nitrogens is 2. The van der Waals surface area contributed by atoms with E-state index in [9.17, 15) is 4.79 Å². The Labute approximate surface area is 179 Å². The quantitative estimate of drug-likeness (QED) is 0.279. The molecule has 4 aromatic rings. The van der Waals surface area contributed by atoms with Gasteiger partial charge in [-0.25, -0.2) is 0 Å². The molecule has 0 aliphatic carbocycles. The van der Waals surface area contributed by atoms with E-state index in [4.69, 9.17) is 23.2 Å². The second-order valence-electron chi connectivity index (χ2n) is 5.89. The summed E-state index contributed by atoms with van der Waals surface area (Å²) in [5, 5.41) is 14.5. The molecule has 0 fully saturated rings. The normalized spacial score (nSPS) is 10.9. The van der Waals surface area contributed by atoms with Gasteiger partial charge in [0.25, 0.3) is 5.91 Å². The lowest BCUT2D eigenvalue weighted by atomic mass is 10.0. The van der Waals surface area contributed by atoms with Crippen LogP contribution in [0.4, 0.5) is 5.13 Å². The highest BCUT2D eigenvalue weighted by molar-refractivity contribution is 8.00. The summed E-state index contributed by atoms with van der Waals surface area (Å²) in [5.41, 5.74) is 1.65. The molecule has 0 bridgehead atoms. The molecule has 8 heteroatoms. The van der Waals surface area contributed by atoms with E-state index in [1.807, 2.05) is 48.5 Å². The number of halogens is 2. The summed E-state index contributed by atoms with van der Waals surface area (Å²) < 4.78 is 0.763. The minimum atomic E-state index is -0.200. The van der Waals surface area contributed by atoms with E-state index < -0.39 is 0 Å². The van der Waals surface area contributed by atoms with Crippen molar-refractivity contribution in [2.24, 2.45) is 0 Å². The van der Waals surface area contributed by atoms with Crippen LogP contribution in [-0.4, -0.2) is 16.1 Å². The second kappa shape index (κ2) is 8.49. The number of rotatable bonds is 5. The topological polar surface area (TPSA) is 54.9 Å². The van der Waals surface area contributed by atoms with Crippen molar-refractivity contribution in [3.63, 3.8) is 0 Å². The fraction of sp³-hybridized carbons (Fsp3) is 0.0500. The third-order valence-electron chi connectivity index (χ3n) is 4.01. The number of benzene rings is 3. The average Bonchev–Trinajstić information content (AvgIpc) is 3.15. The van der Waals surface area contributed by atoms with Gasteiger partial charge in [0, 0.05) is 11.3 Å².